The van der Waals surface area contributed by atoms with Gasteiger partial charge in [-0.3, -0.25) is 4.79 Å². The fourth-order valence-electron chi connectivity index (χ4n) is 3.34. The Hall–Kier alpha value is -3.59. The van der Waals surface area contributed by atoms with Gasteiger partial charge in [-0.25, -0.2) is 0 Å². The summed E-state index contributed by atoms with van der Waals surface area (Å²) in [5.41, 5.74) is 4.66. The predicted octanol–water partition coefficient (Wildman–Crippen LogP) is 6.01. The molecule has 1 aliphatic rings. The summed E-state index contributed by atoms with van der Waals surface area (Å²) in [6.07, 6.45) is 5.79. The van der Waals surface area contributed by atoms with Crippen molar-refractivity contribution in [2.75, 3.05) is 6.61 Å². The minimum atomic E-state index is -0.0868. The van der Waals surface area contributed by atoms with E-state index in [4.69, 9.17) is 9.47 Å². The molecule has 0 aromatic heterocycles. The molecule has 0 unspecified atom stereocenters. The van der Waals surface area contributed by atoms with Crippen LogP contribution in [0.15, 0.2) is 78.6 Å². The van der Waals surface area contributed by atoms with E-state index in [-0.39, 0.29) is 5.78 Å². The summed E-state index contributed by atoms with van der Waals surface area (Å²) in [6.45, 7) is 4.36. The summed E-state index contributed by atoms with van der Waals surface area (Å²) in [5, 5.41) is 0. The normalized spacial score (nSPS) is 14.3. The number of aryl methyl sites for hydroxylation is 2. The van der Waals surface area contributed by atoms with Gasteiger partial charge in [-0.15, -0.1) is 0 Å². The maximum atomic E-state index is 12.8. The molecule has 0 amide bonds. The van der Waals surface area contributed by atoms with E-state index >= 15 is 0 Å². The van der Waals surface area contributed by atoms with Gasteiger partial charge in [0.05, 0.1) is 5.56 Å². The molecule has 3 nitrogen and oxygen atoms in total. The highest BCUT2D eigenvalue weighted by Crippen LogP contribution is 2.37. The van der Waals surface area contributed by atoms with Crippen molar-refractivity contribution in [1.82, 2.24) is 0 Å². The van der Waals surface area contributed by atoms with Gasteiger partial charge in [0.25, 0.3) is 0 Å². The van der Waals surface area contributed by atoms with Crippen LogP contribution in [0.25, 0.3) is 12.2 Å². The lowest BCUT2D eigenvalue weighted by Gasteiger charge is -2.07. The highest BCUT2D eigenvalue weighted by atomic mass is 16.5. The molecule has 1 aliphatic heterocycles. The Balaban J connectivity index is 1.50. The van der Waals surface area contributed by atoms with Crippen LogP contribution in [0.3, 0.4) is 0 Å². The van der Waals surface area contributed by atoms with Gasteiger partial charge < -0.3 is 9.47 Å². The Kier molecular flexibility index (Phi) is 5.30. The van der Waals surface area contributed by atoms with Crippen molar-refractivity contribution >= 4 is 17.9 Å². The van der Waals surface area contributed by atoms with Crippen molar-refractivity contribution in [2.45, 2.75) is 13.8 Å². The first-order valence-electron chi connectivity index (χ1n) is 9.61. The third kappa shape index (κ3) is 4.14. The number of allylic oxidation sites excluding steroid dienone is 1. The Morgan fingerprint density at radius 2 is 1.69 bits per heavy atom. The number of fused-ring (bicyclic) bond motifs is 1. The average Bonchev–Trinajstić information content (AvgIpc) is 3.03. The van der Waals surface area contributed by atoms with Crippen molar-refractivity contribution in [3.05, 3.63) is 106 Å². The first-order valence-corrected chi connectivity index (χ1v) is 9.61. The number of carbonyl (C=O) groups is 1. The molecular weight excluding hydrogens is 360 g/mol. The first-order chi connectivity index (χ1) is 14.1. The molecule has 144 valence electrons. The highest BCUT2D eigenvalue weighted by molar-refractivity contribution is 6.15. The van der Waals surface area contributed by atoms with Crippen molar-refractivity contribution < 1.29 is 14.3 Å². The van der Waals surface area contributed by atoms with Gasteiger partial charge in [-0.05, 0) is 54.3 Å². The van der Waals surface area contributed by atoms with E-state index in [1.165, 1.54) is 0 Å². The number of ketones is 1. The molecule has 0 N–H and O–H groups in total. The van der Waals surface area contributed by atoms with Gasteiger partial charge in [0, 0.05) is 6.07 Å². The lowest BCUT2D eigenvalue weighted by Crippen LogP contribution is -2.00. The van der Waals surface area contributed by atoms with E-state index in [9.17, 15) is 4.79 Å². The van der Waals surface area contributed by atoms with E-state index in [2.05, 4.69) is 0 Å². The molecule has 0 atom stereocenters. The first kappa shape index (κ1) is 18.8. The molecule has 0 fully saturated rings. The molecule has 3 aromatic carbocycles. The van der Waals surface area contributed by atoms with E-state index < -0.39 is 0 Å². The Morgan fingerprint density at radius 1 is 0.931 bits per heavy atom. The standard InChI is InChI=1S/C26H22O3/c1-18-9-6-7-13-21(18)16-24-26(27)25-19(2)15-22(17-23(25)29-24)28-14-8-12-20-10-4-3-5-11-20/h3-13,15-17H,14H2,1-2H3/b12-8+,24-16-. The molecule has 0 radical (unpaired) electrons. The summed E-state index contributed by atoms with van der Waals surface area (Å²) in [4.78, 5) is 12.8. The van der Waals surface area contributed by atoms with Crippen LogP contribution in [0.5, 0.6) is 11.5 Å². The molecule has 0 aliphatic carbocycles. The van der Waals surface area contributed by atoms with Crippen LogP contribution >= 0.6 is 0 Å². The second-order valence-corrected chi connectivity index (χ2v) is 7.03. The summed E-state index contributed by atoms with van der Waals surface area (Å²) >= 11 is 0. The van der Waals surface area contributed by atoms with Crippen molar-refractivity contribution in [3.8, 4) is 11.5 Å². The van der Waals surface area contributed by atoms with Crippen LogP contribution in [0.2, 0.25) is 0 Å². The average molecular weight is 382 g/mol. The van der Waals surface area contributed by atoms with Crippen LogP contribution in [-0.2, 0) is 0 Å². The Morgan fingerprint density at radius 3 is 2.48 bits per heavy atom. The summed E-state index contributed by atoms with van der Waals surface area (Å²) in [5.74, 6) is 1.50. The minimum absolute atomic E-state index is 0.0868. The minimum Gasteiger partial charge on any atom is -0.489 e. The van der Waals surface area contributed by atoms with Crippen molar-refractivity contribution in [1.29, 1.82) is 0 Å². The van der Waals surface area contributed by atoms with Crippen molar-refractivity contribution in [3.63, 3.8) is 0 Å². The predicted molar refractivity (Wildman–Crippen MR) is 116 cm³/mol. The summed E-state index contributed by atoms with van der Waals surface area (Å²) in [6, 6.07) is 21.7. The van der Waals surface area contributed by atoms with Crippen LogP contribution in [0.1, 0.15) is 32.6 Å². The van der Waals surface area contributed by atoms with E-state index in [1.807, 2.05) is 86.7 Å². The zero-order valence-electron chi connectivity index (χ0n) is 16.5. The zero-order valence-corrected chi connectivity index (χ0v) is 16.5. The SMILES string of the molecule is Cc1ccccc1/C=C1\Oc2cc(OC/C=C/c3ccccc3)cc(C)c2C1=O. The van der Waals surface area contributed by atoms with Gasteiger partial charge in [-0.1, -0.05) is 60.7 Å². The van der Waals surface area contributed by atoms with Crippen LogP contribution in [0.4, 0.5) is 0 Å². The number of benzene rings is 3. The Labute approximate surface area is 170 Å². The molecule has 0 saturated heterocycles. The quantitative estimate of drug-likeness (QED) is 0.507. The van der Waals surface area contributed by atoms with Crippen molar-refractivity contribution in [2.24, 2.45) is 0 Å². The molecule has 29 heavy (non-hydrogen) atoms. The second kappa shape index (κ2) is 8.19. The van der Waals surface area contributed by atoms with Crippen LogP contribution in [0, 0.1) is 13.8 Å². The monoisotopic (exact) mass is 382 g/mol. The lowest BCUT2D eigenvalue weighted by atomic mass is 10.0. The number of carbonyl (C=O) groups excluding carboxylic acids is 1. The fourth-order valence-corrected chi connectivity index (χ4v) is 3.34. The molecule has 0 bridgehead atoms. The topological polar surface area (TPSA) is 35.5 Å². The number of rotatable bonds is 5. The van der Waals surface area contributed by atoms with Crippen LogP contribution < -0.4 is 9.47 Å². The van der Waals surface area contributed by atoms with Gasteiger partial charge in [-0.2, -0.15) is 0 Å². The molecule has 4 rings (SSSR count). The largest absolute Gasteiger partial charge is 0.489 e. The summed E-state index contributed by atoms with van der Waals surface area (Å²) < 4.78 is 11.7. The third-order valence-electron chi connectivity index (χ3n) is 4.87. The van der Waals surface area contributed by atoms with Gasteiger partial charge in [0.15, 0.2) is 5.76 Å². The van der Waals surface area contributed by atoms with Gasteiger partial charge in [0.1, 0.15) is 18.1 Å². The summed E-state index contributed by atoms with van der Waals surface area (Å²) in [7, 11) is 0. The smallest absolute Gasteiger partial charge is 0.232 e. The van der Waals surface area contributed by atoms with E-state index in [1.54, 1.807) is 12.1 Å². The number of ether oxygens (including phenoxy) is 2. The van der Waals surface area contributed by atoms with Gasteiger partial charge >= 0.3 is 0 Å². The van der Waals surface area contributed by atoms with E-state index in [0.29, 0.717) is 29.4 Å². The maximum Gasteiger partial charge on any atom is 0.232 e. The van der Waals surface area contributed by atoms with Gasteiger partial charge in [0.2, 0.25) is 5.78 Å². The molecule has 3 aromatic rings. The molecule has 1 heterocycles. The molecular formula is C26H22O3. The maximum absolute atomic E-state index is 12.8. The third-order valence-corrected chi connectivity index (χ3v) is 4.87. The number of hydrogen-bond donors (Lipinski definition) is 0. The molecule has 0 saturated carbocycles. The molecule has 0 spiro atoms. The zero-order chi connectivity index (χ0) is 20.2. The molecule has 3 heteroatoms. The van der Waals surface area contributed by atoms with Crippen LogP contribution in [-0.4, -0.2) is 12.4 Å². The van der Waals surface area contributed by atoms with E-state index in [0.717, 1.165) is 22.3 Å². The number of Topliss-reactive ketones (excluding diaryl/α,β-unsaturated/α-hetero) is 1. The Bertz CT molecular complexity index is 1110. The second-order valence-electron chi connectivity index (χ2n) is 7.03. The highest BCUT2D eigenvalue weighted by Gasteiger charge is 2.30. The fraction of sp³-hybridized carbons (Fsp3) is 0.115. The lowest BCUT2D eigenvalue weighted by molar-refractivity contribution is 0.101. The number of hydrogen-bond acceptors (Lipinski definition) is 3.